The van der Waals surface area contributed by atoms with E-state index < -0.39 is 17.7 Å². The Labute approximate surface area is 145 Å². The van der Waals surface area contributed by atoms with Crippen LogP contribution in [-0.4, -0.2) is 47.3 Å². The lowest BCUT2D eigenvalue weighted by Gasteiger charge is -2.39. The highest BCUT2D eigenvalue weighted by Crippen LogP contribution is 2.41. The fourth-order valence-corrected chi connectivity index (χ4v) is 3.81. The highest BCUT2D eigenvalue weighted by molar-refractivity contribution is 5.82. The number of piperidine rings is 1. The molecular weight excluding hydrogens is 328 g/mol. The number of carbonyl (C=O) groups is 2. The molecule has 0 bridgehead atoms. The van der Waals surface area contributed by atoms with E-state index in [-0.39, 0.29) is 23.8 Å². The van der Waals surface area contributed by atoms with Crippen LogP contribution in [0.25, 0.3) is 0 Å². The summed E-state index contributed by atoms with van der Waals surface area (Å²) in [6.45, 7) is 3.75. The van der Waals surface area contributed by atoms with Crippen LogP contribution in [0.15, 0.2) is 18.2 Å². The van der Waals surface area contributed by atoms with Crippen LogP contribution >= 0.6 is 0 Å². The topological polar surface area (TPSA) is 66.6 Å². The number of likely N-dealkylation sites (tertiary alicyclic amines) is 2. The van der Waals surface area contributed by atoms with Crippen LogP contribution < -0.4 is 5.73 Å². The summed E-state index contributed by atoms with van der Waals surface area (Å²) < 4.78 is 26.4. The summed E-state index contributed by atoms with van der Waals surface area (Å²) in [4.78, 5) is 27.8. The fraction of sp³-hybridized carbons (Fsp3) is 0.556. The number of halogens is 2. The summed E-state index contributed by atoms with van der Waals surface area (Å²) >= 11 is 0. The Morgan fingerprint density at radius 2 is 1.96 bits per heavy atom. The van der Waals surface area contributed by atoms with Crippen molar-refractivity contribution in [1.82, 2.24) is 9.80 Å². The zero-order valence-corrected chi connectivity index (χ0v) is 14.3. The summed E-state index contributed by atoms with van der Waals surface area (Å²) in [5.74, 6) is -1.82. The van der Waals surface area contributed by atoms with E-state index in [1.165, 1.54) is 6.07 Å². The van der Waals surface area contributed by atoms with Crippen LogP contribution in [0.1, 0.15) is 31.7 Å². The Hall–Kier alpha value is -2.02. The number of nitrogens with two attached hydrogens (primary N) is 1. The molecule has 2 saturated heterocycles. The number of hydrogen-bond donors (Lipinski definition) is 1. The lowest BCUT2D eigenvalue weighted by Crippen LogP contribution is -2.49. The zero-order valence-electron chi connectivity index (χ0n) is 14.3. The van der Waals surface area contributed by atoms with E-state index in [0.29, 0.717) is 31.6 Å². The molecule has 0 aliphatic carbocycles. The van der Waals surface area contributed by atoms with Gasteiger partial charge in [0.05, 0.1) is 6.04 Å². The van der Waals surface area contributed by atoms with Gasteiger partial charge in [0.1, 0.15) is 0 Å². The maximum absolute atomic E-state index is 13.4. The number of rotatable bonds is 3. The van der Waals surface area contributed by atoms with Crippen LogP contribution in [-0.2, 0) is 16.1 Å². The predicted octanol–water partition coefficient (Wildman–Crippen LogP) is 1.65. The molecule has 2 aliphatic rings. The first kappa shape index (κ1) is 17.8. The van der Waals surface area contributed by atoms with Gasteiger partial charge in [-0.25, -0.2) is 8.78 Å². The molecule has 0 radical (unpaired) electrons. The quantitative estimate of drug-likeness (QED) is 0.901. The number of nitrogens with zero attached hydrogens (tertiary/aromatic N) is 2. The second kappa shape index (κ2) is 6.71. The fourth-order valence-electron chi connectivity index (χ4n) is 3.81. The van der Waals surface area contributed by atoms with Gasteiger partial charge in [-0.3, -0.25) is 9.59 Å². The summed E-state index contributed by atoms with van der Waals surface area (Å²) in [5.41, 5.74) is 6.10. The first-order valence-corrected chi connectivity index (χ1v) is 8.56. The molecule has 2 aliphatic heterocycles. The minimum Gasteiger partial charge on any atom is -0.341 e. The standard InChI is InChI=1S/C18H23F2N3O2/c1-12(21)17(25)22-6-4-18(5-7-22)9-16(24)23(11-18)10-13-2-3-14(19)15(20)8-13/h2-3,8,12H,4-7,9-11,21H2,1H3. The molecular formula is C18H23F2N3O2. The third-order valence-corrected chi connectivity index (χ3v) is 5.29. The summed E-state index contributed by atoms with van der Waals surface area (Å²) in [7, 11) is 0. The van der Waals surface area contributed by atoms with Crippen LogP contribution in [0.2, 0.25) is 0 Å². The number of amides is 2. The molecule has 0 saturated carbocycles. The summed E-state index contributed by atoms with van der Waals surface area (Å²) in [6, 6.07) is 3.21. The molecule has 2 heterocycles. The van der Waals surface area contributed by atoms with Crippen LogP contribution in [0, 0.1) is 17.0 Å². The van der Waals surface area contributed by atoms with Crippen molar-refractivity contribution in [1.29, 1.82) is 0 Å². The Morgan fingerprint density at radius 1 is 1.28 bits per heavy atom. The second-order valence-corrected chi connectivity index (χ2v) is 7.29. The molecule has 1 unspecified atom stereocenters. The van der Waals surface area contributed by atoms with Gasteiger partial charge in [0.25, 0.3) is 0 Å². The van der Waals surface area contributed by atoms with Gasteiger partial charge in [-0.1, -0.05) is 6.07 Å². The molecule has 2 fully saturated rings. The zero-order chi connectivity index (χ0) is 18.2. The predicted molar refractivity (Wildman–Crippen MR) is 88.3 cm³/mol. The third-order valence-electron chi connectivity index (χ3n) is 5.29. The van der Waals surface area contributed by atoms with Crippen molar-refractivity contribution >= 4 is 11.8 Å². The number of benzene rings is 1. The molecule has 5 nitrogen and oxygen atoms in total. The minimum atomic E-state index is -0.901. The normalized spacial score (nSPS) is 21.0. The van der Waals surface area contributed by atoms with Gasteiger partial charge in [-0.2, -0.15) is 0 Å². The van der Waals surface area contributed by atoms with Crippen LogP contribution in [0.5, 0.6) is 0 Å². The highest BCUT2D eigenvalue weighted by Gasteiger charge is 2.45. The van der Waals surface area contributed by atoms with Crippen LogP contribution in [0.4, 0.5) is 8.78 Å². The van der Waals surface area contributed by atoms with Gasteiger partial charge < -0.3 is 15.5 Å². The van der Waals surface area contributed by atoms with Crippen molar-refractivity contribution in [2.24, 2.45) is 11.1 Å². The van der Waals surface area contributed by atoms with Crippen molar-refractivity contribution in [3.63, 3.8) is 0 Å². The first-order valence-electron chi connectivity index (χ1n) is 8.56. The molecule has 2 N–H and O–H groups in total. The summed E-state index contributed by atoms with van der Waals surface area (Å²) in [5, 5.41) is 0. The first-order chi connectivity index (χ1) is 11.8. The molecule has 136 valence electrons. The molecule has 3 rings (SSSR count). The van der Waals surface area contributed by atoms with E-state index in [1.807, 2.05) is 0 Å². The van der Waals surface area contributed by atoms with E-state index in [1.54, 1.807) is 16.7 Å². The Balaban J connectivity index is 1.63. The molecule has 1 atom stereocenters. The molecule has 7 heteroatoms. The van der Waals surface area contributed by atoms with E-state index in [0.717, 1.165) is 25.0 Å². The Kier molecular flexibility index (Phi) is 4.77. The Bertz CT molecular complexity index is 685. The van der Waals surface area contributed by atoms with Gasteiger partial charge >= 0.3 is 0 Å². The van der Waals surface area contributed by atoms with Gasteiger partial charge in [0.2, 0.25) is 11.8 Å². The maximum Gasteiger partial charge on any atom is 0.239 e. The lowest BCUT2D eigenvalue weighted by molar-refractivity contribution is -0.134. The number of hydrogen-bond acceptors (Lipinski definition) is 3. The van der Waals surface area contributed by atoms with Gasteiger partial charge in [-0.15, -0.1) is 0 Å². The molecule has 25 heavy (non-hydrogen) atoms. The molecule has 1 aromatic rings. The van der Waals surface area contributed by atoms with E-state index in [9.17, 15) is 18.4 Å². The van der Waals surface area contributed by atoms with Crippen molar-refractivity contribution in [2.45, 2.75) is 38.8 Å². The molecule has 1 aromatic carbocycles. The van der Waals surface area contributed by atoms with Gasteiger partial charge in [-0.05, 0) is 37.5 Å². The van der Waals surface area contributed by atoms with Crippen LogP contribution in [0.3, 0.4) is 0 Å². The van der Waals surface area contributed by atoms with Crippen molar-refractivity contribution in [3.05, 3.63) is 35.4 Å². The van der Waals surface area contributed by atoms with Gasteiger partial charge in [0, 0.05) is 38.0 Å². The van der Waals surface area contributed by atoms with E-state index in [4.69, 9.17) is 5.73 Å². The van der Waals surface area contributed by atoms with Crippen molar-refractivity contribution < 1.29 is 18.4 Å². The van der Waals surface area contributed by atoms with Gasteiger partial charge in [0.15, 0.2) is 11.6 Å². The van der Waals surface area contributed by atoms with E-state index in [2.05, 4.69) is 0 Å². The molecule has 1 spiro atoms. The van der Waals surface area contributed by atoms with Crippen molar-refractivity contribution in [3.8, 4) is 0 Å². The monoisotopic (exact) mass is 351 g/mol. The number of carbonyl (C=O) groups excluding carboxylic acids is 2. The van der Waals surface area contributed by atoms with Crippen molar-refractivity contribution in [2.75, 3.05) is 19.6 Å². The SMILES string of the molecule is CC(N)C(=O)N1CCC2(CC1)CC(=O)N(Cc1ccc(F)c(F)c1)C2. The largest absolute Gasteiger partial charge is 0.341 e. The Morgan fingerprint density at radius 3 is 2.56 bits per heavy atom. The lowest BCUT2D eigenvalue weighted by atomic mass is 9.77. The van der Waals surface area contributed by atoms with E-state index >= 15 is 0 Å². The highest BCUT2D eigenvalue weighted by atomic mass is 19.2. The summed E-state index contributed by atoms with van der Waals surface area (Å²) in [6.07, 6.45) is 1.95. The molecule has 0 aromatic heterocycles. The average Bonchev–Trinajstić information content (AvgIpc) is 2.86. The smallest absolute Gasteiger partial charge is 0.239 e. The average molecular weight is 351 g/mol. The minimum absolute atomic E-state index is 0.0247. The molecule has 2 amide bonds. The second-order valence-electron chi connectivity index (χ2n) is 7.29. The third kappa shape index (κ3) is 3.66. The maximum atomic E-state index is 13.4.